The van der Waals surface area contributed by atoms with Crippen LogP contribution in [0.4, 0.5) is 5.69 Å². The van der Waals surface area contributed by atoms with E-state index >= 15 is 0 Å². The molecule has 0 unspecified atom stereocenters. The number of carbonyl (C=O) groups is 1. The molecule has 1 heterocycles. The number of piperazine rings is 1. The predicted octanol–water partition coefficient (Wildman–Crippen LogP) is 3.03. The largest absolute Gasteiger partial charge is 0.338 e. The van der Waals surface area contributed by atoms with Crippen molar-refractivity contribution in [3.05, 3.63) is 90.0 Å². The predicted molar refractivity (Wildman–Crippen MR) is 139 cm³/mol. The number of rotatable bonds is 7. The molecule has 0 spiro atoms. The average Bonchev–Trinajstić information content (AvgIpc) is 2.88. The van der Waals surface area contributed by atoms with Crippen LogP contribution >= 0.6 is 0 Å². The third-order valence-electron chi connectivity index (χ3n) is 6.18. The number of amides is 1. The number of aryl methyl sites for hydroxylation is 2. The van der Waals surface area contributed by atoms with Gasteiger partial charge in [0.1, 0.15) is 6.54 Å². The fraction of sp³-hybridized carbons (Fsp3) is 0.269. The molecule has 0 aliphatic carbocycles. The fourth-order valence-electron chi connectivity index (χ4n) is 4.01. The Morgan fingerprint density at radius 1 is 0.722 bits per heavy atom. The summed E-state index contributed by atoms with van der Waals surface area (Å²) in [5.41, 5.74) is 2.32. The fourth-order valence-corrected chi connectivity index (χ4v) is 6.86. The molecule has 1 fully saturated rings. The minimum absolute atomic E-state index is 0.0902. The first-order valence-electron chi connectivity index (χ1n) is 11.6. The normalized spacial score (nSPS) is 15.0. The van der Waals surface area contributed by atoms with Crippen LogP contribution in [0.2, 0.25) is 0 Å². The van der Waals surface area contributed by atoms with Crippen LogP contribution in [0, 0.1) is 13.8 Å². The Bertz CT molecular complexity index is 1420. The molecule has 1 amide bonds. The Morgan fingerprint density at radius 3 is 1.81 bits per heavy atom. The van der Waals surface area contributed by atoms with Gasteiger partial charge in [-0.25, -0.2) is 16.8 Å². The van der Waals surface area contributed by atoms with Crippen molar-refractivity contribution in [1.29, 1.82) is 0 Å². The lowest BCUT2D eigenvalue weighted by atomic mass is 10.2. The molecule has 1 saturated heterocycles. The van der Waals surface area contributed by atoms with Crippen LogP contribution in [0.5, 0.6) is 0 Å². The highest BCUT2D eigenvalue weighted by atomic mass is 32.2. The summed E-state index contributed by atoms with van der Waals surface area (Å²) in [4.78, 5) is 15.1. The summed E-state index contributed by atoms with van der Waals surface area (Å²) in [5.74, 6) is -0.387. The van der Waals surface area contributed by atoms with E-state index in [-0.39, 0.29) is 48.4 Å². The lowest BCUT2D eigenvalue weighted by Gasteiger charge is -2.35. The zero-order chi connectivity index (χ0) is 25.9. The van der Waals surface area contributed by atoms with Crippen LogP contribution in [0.25, 0.3) is 0 Å². The molecular formula is C26H29N3O5S2. The zero-order valence-electron chi connectivity index (χ0n) is 20.2. The van der Waals surface area contributed by atoms with E-state index in [0.717, 1.165) is 15.4 Å². The third kappa shape index (κ3) is 5.45. The summed E-state index contributed by atoms with van der Waals surface area (Å²) < 4.78 is 55.4. The van der Waals surface area contributed by atoms with E-state index in [9.17, 15) is 21.6 Å². The summed E-state index contributed by atoms with van der Waals surface area (Å²) in [6.45, 7) is 4.03. The molecule has 3 aromatic rings. The Balaban J connectivity index is 1.51. The van der Waals surface area contributed by atoms with Gasteiger partial charge in [-0.05, 0) is 50.2 Å². The van der Waals surface area contributed by atoms with Crippen molar-refractivity contribution in [3.63, 3.8) is 0 Å². The molecule has 1 aliphatic rings. The van der Waals surface area contributed by atoms with Gasteiger partial charge >= 0.3 is 0 Å². The van der Waals surface area contributed by atoms with E-state index < -0.39 is 20.0 Å². The van der Waals surface area contributed by atoms with Gasteiger partial charge in [0.15, 0.2) is 0 Å². The molecule has 0 aromatic heterocycles. The van der Waals surface area contributed by atoms with Gasteiger partial charge in [-0.3, -0.25) is 9.10 Å². The Kier molecular flexibility index (Phi) is 7.49. The number of anilines is 1. The van der Waals surface area contributed by atoms with Crippen molar-refractivity contribution in [1.82, 2.24) is 9.21 Å². The highest BCUT2D eigenvalue weighted by molar-refractivity contribution is 7.92. The van der Waals surface area contributed by atoms with Crippen LogP contribution in [-0.2, 0) is 24.8 Å². The van der Waals surface area contributed by atoms with Crippen molar-refractivity contribution in [3.8, 4) is 0 Å². The molecule has 190 valence electrons. The van der Waals surface area contributed by atoms with Crippen LogP contribution in [0.15, 0.2) is 88.7 Å². The maximum Gasteiger partial charge on any atom is 0.264 e. The van der Waals surface area contributed by atoms with E-state index in [2.05, 4.69) is 0 Å². The van der Waals surface area contributed by atoms with Gasteiger partial charge < -0.3 is 4.90 Å². The Labute approximate surface area is 212 Å². The lowest BCUT2D eigenvalue weighted by Crippen LogP contribution is -2.53. The topological polar surface area (TPSA) is 95.1 Å². The van der Waals surface area contributed by atoms with E-state index in [0.29, 0.717) is 5.69 Å². The smallest absolute Gasteiger partial charge is 0.264 e. The second-order valence-electron chi connectivity index (χ2n) is 8.76. The number of hydrogen-bond donors (Lipinski definition) is 0. The number of benzene rings is 3. The Hall–Kier alpha value is -3.21. The number of hydrogen-bond acceptors (Lipinski definition) is 5. The first-order chi connectivity index (χ1) is 17.1. The summed E-state index contributed by atoms with van der Waals surface area (Å²) in [6, 6.07) is 21.6. The second kappa shape index (κ2) is 10.4. The monoisotopic (exact) mass is 527 g/mol. The molecule has 4 rings (SSSR count). The number of carbonyl (C=O) groups excluding carboxylic acids is 1. The molecule has 0 N–H and O–H groups in total. The maximum absolute atomic E-state index is 13.5. The standard InChI is InChI=1S/C26H29N3O5S2/c1-21-8-12-23(13-9-21)29(36(33,34)24-6-4-3-5-7-24)20-26(30)27-16-18-28(19-17-27)35(31,32)25-14-10-22(2)11-15-25/h3-15H,16-20H2,1-2H3. The molecule has 10 heteroatoms. The van der Waals surface area contributed by atoms with Crippen LogP contribution in [0.1, 0.15) is 11.1 Å². The summed E-state index contributed by atoms with van der Waals surface area (Å²) in [7, 11) is -7.66. The van der Waals surface area contributed by atoms with Crippen molar-refractivity contribution in [2.75, 3.05) is 37.0 Å². The molecule has 0 saturated carbocycles. The van der Waals surface area contributed by atoms with Gasteiger partial charge in [0.25, 0.3) is 10.0 Å². The summed E-state index contributed by atoms with van der Waals surface area (Å²) >= 11 is 0. The second-order valence-corrected chi connectivity index (χ2v) is 12.6. The van der Waals surface area contributed by atoms with Crippen LogP contribution in [-0.4, -0.2) is 64.7 Å². The lowest BCUT2D eigenvalue weighted by molar-refractivity contribution is -0.130. The van der Waals surface area contributed by atoms with Crippen molar-refractivity contribution in [2.45, 2.75) is 23.6 Å². The molecule has 0 bridgehead atoms. The number of sulfonamides is 2. The van der Waals surface area contributed by atoms with Gasteiger partial charge in [0, 0.05) is 26.2 Å². The molecule has 3 aromatic carbocycles. The molecule has 0 radical (unpaired) electrons. The quantitative estimate of drug-likeness (QED) is 0.471. The van der Waals surface area contributed by atoms with Gasteiger partial charge in [0.2, 0.25) is 15.9 Å². The van der Waals surface area contributed by atoms with Gasteiger partial charge in [-0.15, -0.1) is 0 Å². The summed E-state index contributed by atoms with van der Waals surface area (Å²) in [6.07, 6.45) is 0. The first kappa shape index (κ1) is 25.9. The van der Waals surface area contributed by atoms with E-state index in [1.165, 1.54) is 21.3 Å². The summed E-state index contributed by atoms with van der Waals surface area (Å²) in [5, 5.41) is 0. The molecular weight excluding hydrogens is 498 g/mol. The third-order valence-corrected chi connectivity index (χ3v) is 9.88. The maximum atomic E-state index is 13.5. The highest BCUT2D eigenvalue weighted by Gasteiger charge is 2.33. The van der Waals surface area contributed by atoms with E-state index in [1.54, 1.807) is 66.7 Å². The van der Waals surface area contributed by atoms with Crippen LogP contribution in [0.3, 0.4) is 0 Å². The molecule has 0 atom stereocenters. The average molecular weight is 528 g/mol. The van der Waals surface area contributed by atoms with Gasteiger partial charge in [0.05, 0.1) is 15.5 Å². The SMILES string of the molecule is Cc1ccc(N(CC(=O)N2CCN(S(=O)(=O)c3ccc(C)cc3)CC2)S(=O)(=O)c2ccccc2)cc1. The molecule has 36 heavy (non-hydrogen) atoms. The zero-order valence-corrected chi connectivity index (χ0v) is 21.9. The van der Waals surface area contributed by atoms with Crippen molar-refractivity contribution < 1.29 is 21.6 Å². The van der Waals surface area contributed by atoms with E-state index in [1.807, 2.05) is 13.8 Å². The first-order valence-corrected chi connectivity index (χ1v) is 14.5. The van der Waals surface area contributed by atoms with Crippen molar-refractivity contribution in [2.24, 2.45) is 0 Å². The molecule has 8 nitrogen and oxygen atoms in total. The van der Waals surface area contributed by atoms with Gasteiger partial charge in [-0.1, -0.05) is 53.6 Å². The Morgan fingerprint density at radius 2 is 1.25 bits per heavy atom. The minimum atomic E-state index is -3.99. The molecule has 1 aliphatic heterocycles. The highest BCUT2D eigenvalue weighted by Crippen LogP contribution is 2.25. The minimum Gasteiger partial charge on any atom is -0.338 e. The number of nitrogens with zero attached hydrogens (tertiary/aromatic N) is 3. The van der Waals surface area contributed by atoms with Gasteiger partial charge in [-0.2, -0.15) is 4.31 Å². The van der Waals surface area contributed by atoms with Crippen LogP contribution < -0.4 is 4.31 Å². The van der Waals surface area contributed by atoms with Crippen molar-refractivity contribution >= 4 is 31.6 Å². The van der Waals surface area contributed by atoms with E-state index in [4.69, 9.17) is 0 Å².